The van der Waals surface area contributed by atoms with E-state index in [9.17, 15) is 5.11 Å². The normalized spacial score (nSPS) is 19.3. The third-order valence-corrected chi connectivity index (χ3v) is 11.3. The van der Waals surface area contributed by atoms with Crippen LogP contribution in [-0.4, -0.2) is 59.2 Å². The van der Waals surface area contributed by atoms with Gasteiger partial charge in [-0.1, -0.05) is 66.0 Å². The highest BCUT2D eigenvalue weighted by Crippen LogP contribution is 2.38. The smallest absolute Gasteiger partial charge is 0.318 e. The van der Waals surface area contributed by atoms with E-state index in [1.54, 1.807) is 18.2 Å². The lowest BCUT2D eigenvalue weighted by molar-refractivity contribution is 0.0948. The van der Waals surface area contributed by atoms with Crippen LogP contribution in [0.4, 0.5) is 14.6 Å². The number of aromatic nitrogens is 2. The lowest BCUT2D eigenvalue weighted by Gasteiger charge is -2.31. The minimum atomic E-state index is -0.926. The van der Waals surface area contributed by atoms with Crippen LogP contribution in [-0.2, 0) is 6.42 Å². The van der Waals surface area contributed by atoms with Crippen LogP contribution in [0.25, 0.3) is 38.9 Å². The Balaban J connectivity index is 1.63. The Kier molecular flexibility index (Phi) is 12.4. The van der Waals surface area contributed by atoms with Gasteiger partial charge in [0.05, 0.1) is 41.2 Å². The number of rotatable bonds is 14. The van der Waals surface area contributed by atoms with E-state index >= 15 is 8.78 Å². The lowest BCUT2D eigenvalue weighted by Crippen LogP contribution is -2.38. The average molecular weight is 753 g/mol. The number of phenolic OH excluding ortho intramolecular Hbond substituents is 1. The average Bonchev–Trinajstić information content (AvgIpc) is 3.38. The van der Waals surface area contributed by atoms with Gasteiger partial charge in [-0.2, -0.15) is 9.97 Å². The molecular formula is C45H58F2N6O2. The molecule has 8 nitrogen and oxygen atoms in total. The first-order valence-electron chi connectivity index (χ1n) is 20.2. The molecule has 294 valence electrons. The maximum atomic E-state index is 15.5. The number of alkyl halides is 1. The monoisotopic (exact) mass is 752 g/mol. The molecule has 0 radical (unpaired) electrons. The number of phenols is 1. The predicted octanol–water partition coefficient (Wildman–Crippen LogP) is 8.91. The van der Waals surface area contributed by atoms with Crippen molar-refractivity contribution in [3.63, 3.8) is 0 Å². The molecule has 2 aliphatic rings. The van der Waals surface area contributed by atoms with Crippen LogP contribution < -0.4 is 25.9 Å². The van der Waals surface area contributed by atoms with Gasteiger partial charge in [0.2, 0.25) is 0 Å². The first-order chi connectivity index (χ1) is 26.3. The summed E-state index contributed by atoms with van der Waals surface area (Å²) < 4.78 is 37.1. The van der Waals surface area contributed by atoms with E-state index in [1.807, 2.05) is 32.9 Å². The highest BCUT2D eigenvalue weighted by Gasteiger charge is 2.30. The molecule has 0 amide bonds. The van der Waals surface area contributed by atoms with Crippen molar-refractivity contribution in [2.45, 2.75) is 112 Å². The molecule has 6 rings (SSSR count). The Morgan fingerprint density at radius 2 is 1.91 bits per heavy atom. The molecule has 1 aromatic heterocycles. The molecule has 55 heavy (non-hydrogen) atoms. The number of unbranched alkanes of at least 4 members (excludes halogenated alkanes) is 2. The van der Waals surface area contributed by atoms with Crippen molar-refractivity contribution < 1.29 is 18.6 Å². The summed E-state index contributed by atoms with van der Waals surface area (Å²) >= 11 is 0. The molecule has 0 saturated heterocycles. The zero-order valence-electron chi connectivity index (χ0n) is 33.7. The maximum absolute atomic E-state index is 15.5. The fraction of sp³-hybridized carbons (Fsp3) is 0.511. The van der Waals surface area contributed by atoms with E-state index in [0.29, 0.717) is 67.1 Å². The van der Waals surface area contributed by atoms with Gasteiger partial charge in [-0.05, 0) is 104 Å². The van der Waals surface area contributed by atoms with Gasteiger partial charge in [0.1, 0.15) is 23.6 Å². The van der Waals surface area contributed by atoms with E-state index in [1.165, 1.54) is 6.07 Å². The van der Waals surface area contributed by atoms with Crippen molar-refractivity contribution in [2.24, 2.45) is 27.1 Å². The number of hydrogen-bond donors (Lipinski definition) is 2. The molecule has 3 N–H and O–H groups in total. The summed E-state index contributed by atoms with van der Waals surface area (Å²) in [6, 6.07) is 8.76. The number of nitrogens with two attached hydrogens (primary N) is 1. The number of aryl methyl sites for hydroxylation is 1. The molecule has 4 aromatic rings. The summed E-state index contributed by atoms with van der Waals surface area (Å²) in [5, 5.41) is 15.0. The van der Waals surface area contributed by atoms with E-state index < -0.39 is 11.6 Å². The highest BCUT2D eigenvalue weighted by molar-refractivity contribution is 6.04. The van der Waals surface area contributed by atoms with Gasteiger partial charge in [-0.15, -0.1) is 0 Å². The van der Waals surface area contributed by atoms with Gasteiger partial charge in [0.15, 0.2) is 0 Å². The first-order valence-corrected chi connectivity index (χ1v) is 20.2. The second-order valence-corrected chi connectivity index (χ2v) is 16.1. The number of benzene rings is 3. The quantitative estimate of drug-likeness (QED) is 0.125. The molecule has 0 fully saturated rings. The van der Waals surface area contributed by atoms with Crippen molar-refractivity contribution in [1.29, 1.82) is 0 Å². The van der Waals surface area contributed by atoms with Crippen molar-refractivity contribution in [2.75, 3.05) is 31.1 Å². The molecule has 10 heteroatoms. The van der Waals surface area contributed by atoms with Crippen molar-refractivity contribution in [3.05, 3.63) is 64.1 Å². The van der Waals surface area contributed by atoms with Crippen molar-refractivity contribution >= 4 is 39.3 Å². The van der Waals surface area contributed by atoms with Crippen LogP contribution in [0.3, 0.4) is 0 Å². The second kappa shape index (κ2) is 17.0. The molecule has 0 bridgehead atoms. The Hall–Kier alpha value is -4.60. The summed E-state index contributed by atoms with van der Waals surface area (Å²) in [6.45, 7) is 16.3. The Morgan fingerprint density at radius 1 is 1.11 bits per heavy atom. The molecule has 0 saturated carbocycles. The number of ether oxygens (including phenoxy) is 1. The topological polar surface area (TPSA) is 109 Å². The standard InChI is InChI=1S/C45H58F2N6O2/c1-8-11-12-16-45(7,24-31(46)9-2)26-55-44-51-39-23-36(35-22-33(54)21-30-14-15-38(47)34(10-3)40(30)35)42-37(19-27(4)29(6)50-42)41(39)43(52-44)53-18-13-17-49-32(25-53)20-28(5)48/h14-15,19-23,27,29,31,54H,8-13,16-18,24-26,48H2,1-7H3/b28-20-. The second-order valence-electron chi connectivity index (χ2n) is 16.1. The zero-order chi connectivity index (χ0) is 39.4. The van der Waals surface area contributed by atoms with E-state index in [-0.39, 0.29) is 36.1 Å². The van der Waals surface area contributed by atoms with Gasteiger partial charge in [0, 0.05) is 35.0 Å². The fourth-order valence-corrected chi connectivity index (χ4v) is 8.15. The maximum Gasteiger partial charge on any atom is 0.318 e. The van der Waals surface area contributed by atoms with Gasteiger partial charge in [-0.25, -0.2) is 8.78 Å². The summed E-state index contributed by atoms with van der Waals surface area (Å²) in [7, 11) is 0. The largest absolute Gasteiger partial charge is 0.508 e. The minimum absolute atomic E-state index is 0.0240. The Morgan fingerprint density at radius 3 is 2.64 bits per heavy atom. The number of nitrogens with zero attached hydrogens (tertiary/aromatic N) is 5. The third-order valence-electron chi connectivity index (χ3n) is 11.3. The van der Waals surface area contributed by atoms with E-state index in [4.69, 9.17) is 30.4 Å². The van der Waals surface area contributed by atoms with Crippen LogP contribution in [0, 0.1) is 17.2 Å². The summed E-state index contributed by atoms with van der Waals surface area (Å²) in [4.78, 5) is 22.6. The van der Waals surface area contributed by atoms with Crippen LogP contribution in [0.15, 0.2) is 52.1 Å². The van der Waals surface area contributed by atoms with Crippen molar-refractivity contribution in [1.82, 2.24) is 9.97 Å². The van der Waals surface area contributed by atoms with Gasteiger partial charge < -0.3 is 20.5 Å². The SMILES string of the molecule is CCCCCC(C)(COc1nc(N2CCCN=C(/C=C(/C)N)C2)c2c3c(c(-c4cc(O)cc5ccc(F)c(CC)c45)cc2n1)=NC(C)C(C)C=3)CC(F)CC. The van der Waals surface area contributed by atoms with Crippen LogP contribution in [0.2, 0.25) is 0 Å². The first kappa shape index (κ1) is 40.1. The number of anilines is 1. The minimum Gasteiger partial charge on any atom is -0.508 e. The zero-order valence-corrected chi connectivity index (χ0v) is 33.7. The van der Waals surface area contributed by atoms with E-state index in [2.05, 4.69) is 38.7 Å². The van der Waals surface area contributed by atoms with Gasteiger partial charge in [-0.3, -0.25) is 9.98 Å². The summed E-state index contributed by atoms with van der Waals surface area (Å²) in [5.74, 6) is 0.612. The molecular weight excluding hydrogens is 695 g/mol. The van der Waals surface area contributed by atoms with Crippen molar-refractivity contribution in [3.8, 4) is 22.9 Å². The van der Waals surface area contributed by atoms with Gasteiger partial charge >= 0.3 is 6.01 Å². The molecule has 4 unspecified atom stereocenters. The Labute approximate surface area is 324 Å². The number of allylic oxidation sites excluding steroid dienone is 1. The number of fused-ring (bicyclic) bond motifs is 4. The number of aliphatic imine (C=N–C) groups is 1. The highest BCUT2D eigenvalue weighted by atomic mass is 19.1. The number of halogens is 2. The molecule has 2 aliphatic heterocycles. The van der Waals surface area contributed by atoms with Crippen LogP contribution >= 0.6 is 0 Å². The Bertz CT molecular complexity index is 2230. The van der Waals surface area contributed by atoms with Crippen LogP contribution in [0.1, 0.15) is 99.0 Å². The fourth-order valence-electron chi connectivity index (χ4n) is 8.15. The number of hydrogen-bond acceptors (Lipinski definition) is 8. The summed E-state index contributed by atoms with van der Waals surface area (Å²) in [6.07, 6.45) is 9.35. The molecule has 0 aliphatic carbocycles. The molecule has 3 aromatic carbocycles. The molecule has 4 atom stereocenters. The summed E-state index contributed by atoms with van der Waals surface area (Å²) in [5.41, 5.74) is 9.94. The van der Waals surface area contributed by atoms with E-state index in [0.717, 1.165) is 70.1 Å². The predicted molar refractivity (Wildman–Crippen MR) is 222 cm³/mol. The van der Waals surface area contributed by atoms with Gasteiger partial charge in [0.25, 0.3) is 0 Å². The molecule has 3 heterocycles. The van der Waals surface area contributed by atoms with Crippen LogP contribution in [0.5, 0.6) is 11.8 Å². The lowest BCUT2D eigenvalue weighted by atomic mass is 9.80. The third kappa shape index (κ3) is 8.79. The number of aromatic hydroxyl groups is 1. The molecule has 0 spiro atoms.